The Kier molecular flexibility index (Phi) is 6.03. The van der Waals surface area contributed by atoms with E-state index in [1.54, 1.807) is 0 Å². The first kappa shape index (κ1) is 13.7. The van der Waals surface area contributed by atoms with Crippen molar-refractivity contribution >= 4 is 0 Å². The minimum atomic E-state index is 0.282. The van der Waals surface area contributed by atoms with Gasteiger partial charge in [-0.3, -0.25) is 0 Å². The summed E-state index contributed by atoms with van der Waals surface area (Å²) in [6, 6.07) is 1.73. The average molecular weight is 225 g/mol. The van der Waals surface area contributed by atoms with E-state index in [4.69, 9.17) is 11.5 Å². The molecule has 2 unspecified atom stereocenters. The van der Waals surface area contributed by atoms with Crippen LogP contribution in [0.5, 0.6) is 0 Å². The minimum absolute atomic E-state index is 0.282. The average Bonchev–Trinajstić information content (AvgIpc) is 2.26. The van der Waals surface area contributed by atoms with Crippen molar-refractivity contribution in [3.05, 3.63) is 12.7 Å². The number of nitrogens with two attached hydrogens (primary N) is 2. The molecule has 0 aromatic rings. The van der Waals surface area contributed by atoms with Crippen LogP contribution in [0, 0.1) is 0 Å². The molecule has 1 rings (SSSR count). The maximum atomic E-state index is 5.89. The molecule has 1 fully saturated rings. The molecule has 0 aromatic heterocycles. The van der Waals surface area contributed by atoms with Crippen molar-refractivity contribution in [2.24, 2.45) is 11.5 Å². The van der Waals surface area contributed by atoms with Gasteiger partial charge in [-0.25, -0.2) is 0 Å². The van der Waals surface area contributed by atoms with E-state index in [0.717, 1.165) is 25.7 Å². The van der Waals surface area contributed by atoms with Gasteiger partial charge in [-0.1, -0.05) is 6.08 Å². The quantitative estimate of drug-likeness (QED) is 0.601. The zero-order chi connectivity index (χ0) is 12.0. The van der Waals surface area contributed by atoms with Crippen molar-refractivity contribution in [2.45, 2.75) is 69.6 Å². The van der Waals surface area contributed by atoms with Gasteiger partial charge in [-0.05, 0) is 45.4 Å². The Bertz CT molecular complexity index is 195. The molecule has 0 bridgehead atoms. The summed E-state index contributed by atoms with van der Waals surface area (Å²) < 4.78 is 0. The normalized spacial score (nSPS) is 29.7. The van der Waals surface area contributed by atoms with Crippen LogP contribution in [-0.2, 0) is 0 Å². The highest BCUT2D eigenvalue weighted by atomic mass is 14.9. The summed E-state index contributed by atoms with van der Waals surface area (Å²) in [7, 11) is 0. The molecule has 0 amide bonds. The predicted molar refractivity (Wildman–Crippen MR) is 70.2 cm³/mol. The second-order valence-corrected chi connectivity index (χ2v) is 5.18. The summed E-state index contributed by atoms with van der Waals surface area (Å²) in [4.78, 5) is 0. The van der Waals surface area contributed by atoms with Gasteiger partial charge >= 0.3 is 0 Å². The molecule has 0 aromatic carbocycles. The number of hydrogen-bond acceptors (Lipinski definition) is 3. The molecule has 3 nitrogen and oxygen atoms in total. The first-order chi connectivity index (χ1) is 7.61. The lowest BCUT2D eigenvalue weighted by Gasteiger charge is -2.30. The van der Waals surface area contributed by atoms with Gasteiger partial charge in [0.15, 0.2) is 0 Å². The van der Waals surface area contributed by atoms with Crippen molar-refractivity contribution in [3.8, 4) is 0 Å². The summed E-state index contributed by atoms with van der Waals surface area (Å²) in [6.45, 7) is 5.95. The number of rotatable bonds is 6. The maximum absolute atomic E-state index is 5.89. The van der Waals surface area contributed by atoms with Crippen LogP contribution in [0.1, 0.15) is 45.4 Å². The summed E-state index contributed by atoms with van der Waals surface area (Å²) in [5.74, 6) is 0. The molecule has 1 saturated carbocycles. The third-order valence-corrected chi connectivity index (χ3v) is 3.44. The number of hydrogen-bond donors (Lipinski definition) is 3. The predicted octanol–water partition coefficient (Wildman–Crippen LogP) is 1.53. The van der Waals surface area contributed by atoms with Crippen LogP contribution in [0.4, 0.5) is 0 Å². The molecule has 2 atom stereocenters. The molecule has 94 valence electrons. The van der Waals surface area contributed by atoms with E-state index in [1.165, 1.54) is 12.8 Å². The van der Waals surface area contributed by atoms with Gasteiger partial charge in [0.2, 0.25) is 0 Å². The highest BCUT2D eigenvalue weighted by Gasteiger charge is 2.20. The van der Waals surface area contributed by atoms with E-state index in [2.05, 4.69) is 18.8 Å². The van der Waals surface area contributed by atoms with E-state index < -0.39 is 0 Å². The summed E-state index contributed by atoms with van der Waals surface area (Å²) in [5.41, 5.74) is 11.7. The van der Waals surface area contributed by atoms with E-state index in [-0.39, 0.29) is 6.04 Å². The molecule has 0 spiro atoms. The monoisotopic (exact) mass is 225 g/mol. The molecule has 0 saturated heterocycles. The van der Waals surface area contributed by atoms with Crippen LogP contribution in [0.3, 0.4) is 0 Å². The van der Waals surface area contributed by atoms with Gasteiger partial charge in [-0.2, -0.15) is 0 Å². The topological polar surface area (TPSA) is 64.1 Å². The van der Waals surface area contributed by atoms with Crippen LogP contribution < -0.4 is 16.8 Å². The summed E-state index contributed by atoms with van der Waals surface area (Å²) in [5, 5.41) is 3.65. The van der Waals surface area contributed by atoms with Crippen molar-refractivity contribution in [1.82, 2.24) is 5.32 Å². The fourth-order valence-electron chi connectivity index (χ4n) is 2.30. The summed E-state index contributed by atoms with van der Waals surface area (Å²) in [6.07, 6.45) is 8.84. The van der Waals surface area contributed by atoms with Crippen LogP contribution in [-0.4, -0.2) is 24.2 Å². The highest BCUT2D eigenvalue weighted by Crippen LogP contribution is 2.18. The van der Waals surface area contributed by atoms with E-state index in [1.807, 2.05) is 6.08 Å². The third-order valence-electron chi connectivity index (χ3n) is 3.44. The second-order valence-electron chi connectivity index (χ2n) is 5.18. The van der Waals surface area contributed by atoms with Gasteiger partial charge in [-0.15, -0.1) is 6.58 Å². The molecular formula is C13H27N3. The molecule has 1 aliphatic carbocycles. The Hall–Kier alpha value is -0.380. The largest absolute Gasteiger partial charge is 0.328 e. The molecule has 0 radical (unpaired) electrons. The molecule has 16 heavy (non-hydrogen) atoms. The molecule has 0 aliphatic heterocycles. The van der Waals surface area contributed by atoms with Gasteiger partial charge in [0, 0.05) is 24.2 Å². The Labute approximate surface area is 99.7 Å². The van der Waals surface area contributed by atoms with Crippen molar-refractivity contribution in [1.29, 1.82) is 0 Å². The number of nitrogens with one attached hydrogen (secondary N) is 1. The third kappa shape index (κ3) is 5.10. The first-order valence-corrected chi connectivity index (χ1v) is 6.51. The van der Waals surface area contributed by atoms with Gasteiger partial charge in [0.05, 0.1) is 0 Å². The minimum Gasteiger partial charge on any atom is -0.328 e. The van der Waals surface area contributed by atoms with E-state index in [0.29, 0.717) is 18.1 Å². The summed E-state index contributed by atoms with van der Waals surface area (Å²) >= 11 is 0. The Morgan fingerprint density at radius 3 is 2.44 bits per heavy atom. The highest BCUT2D eigenvalue weighted by molar-refractivity contribution is 4.90. The molecule has 5 N–H and O–H groups in total. The van der Waals surface area contributed by atoms with Gasteiger partial charge in [0.1, 0.15) is 0 Å². The fourth-order valence-corrected chi connectivity index (χ4v) is 2.30. The standard InChI is InChI=1S/C13H27N3/c1-3-12(7-4-10(2)14)16-13-8-5-11(15)6-9-13/h3,10-13,16H,1,4-9,14-15H2,2H3. The molecule has 0 heterocycles. The van der Waals surface area contributed by atoms with Crippen molar-refractivity contribution in [3.63, 3.8) is 0 Å². The van der Waals surface area contributed by atoms with Crippen LogP contribution in [0.2, 0.25) is 0 Å². The van der Waals surface area contributed by atoms with Gasteiger partial charge < -0.3 is 16.8 Å². The zero-order valence-electron chi connectivity index (χ0n) is 10.5. The zero-order valence-corrected chi connectivity index (χ0v) is 10.5. The maximum Gasteiger partial charge on any atom is 0.0250 e. The second kappa shape index (κ2) is 7.05. The van der Waals surface area contributed by atoms with E-state index >= 15 is 0 Å². The lowest BCUT2D eigenvalue weighted by Crippen LogP contribution is -2.42. The van der Waals surface area contributed by atoms with Crippen LogP contribution in [0.25, 0.3) is 0 Å². The Morgan fingerprint density at radius 2 is 1.94 bits per heavy atom. The van der Waals surface area contributed by atoms with Crippen molar-refractivity contribution < 1.29 is 0 Å². The lowest BCUT2D eigenvalue weighted by molar-refractivity contribution is 0.321. The van der Waals surface area contributed by atoms with Crippen molar-refractivity contribution in [2.75, 3.05) is 0 Å². The molecule has 3 heteroatoms. The molecular weight excluding hydrogens is 198 g/mol. The van der Waals surface area contributed by atoms with Crippen LogP contribution >= 0.6 is 0 Å². The van der Waals surface area contributed by atoms with Crippen LogP contribution in [0.15, 0.2) is 12.7 Å². The SMILES string of the molecule is C=CC(CCC(C)N)NC1CCC(N)CC1. The fraction of sp³-hybridized carbons (Fsp3) is 0.846. The Morgan fingerprint density at radius 1 is 1.31 bits per heavy atom. The Balaban J connectivity index is 2.24. The van der Waals surface area contributed by atoms with E-state index in [9.17, 15) is 0 Å². The molecule has 1 aliphatic rings. The smallest absolute Gasteiger partial charge is 0.0250 e. The lowest BCUT2D eigenvalue weighted by atomic mass is 9.91. The van der Waals surface area contributed by atoms with Gasteiger partial charge in [0.25, 0.3) is 0 Å². The first-order valence-electron chi connectivity index (χ1n) is 6.51.